The van der Waals surface area contributed by atoms with Gasteiger partial charge in [0.25, 0.3) is 11.8 Å². The summed E-state index contributed by atoms with van der Waals surface area (Å²) in [5, 5.41) is 5.02. The van der Waals surface area contributed by atoms with E-state index in [4.69, 9.17) is 5.73 Å². The van der Waals surface area contributed by atoms with E-state index in [9.17, 15) is 19.2 Å². The molecule has 2 aliphatic rings. The quantitative estimate of drug-likeness (QED) is 0.549. The van der Waals surface area contributed by atoms with Crippen molar-refractivity contribution < 1.29 is 19.2 Å². The second kappa shape index (κ2) is 6.80. The molecule has 1 unspecified atom stereocenters. The number of carbonyl (C=O) groups excluding carboxylic acids is 4. The fourth-order valence-electron chi connectivity index (χ4n) is 3.52. The maximum Gasteiger partial charge on any atom is 0.255 e. The Morgan fingerprint density at radius 1 is 1.14 bits per heavy atom. The number of amides is 4. The van der Waals surface area contributed by atoms with Crippen LogP contribution in [-0.4, -0.2) is 34.6 Å². The van der Waals surface area contributed by atoms with Gasteiger partial charge in [0.15, 0.2) is 0 Å². The number of anilines is 2. The first-order valence-electron chi connectivity index (χ1n) is 8.87. The van der Waals surface area contributed by atoms with E-state index in [1.807, 2.05) is 0 Å². The topological polar surface area (TPSA) is 122 Å². The van der Waals surface area contributed by atoms with E-state index < -0.39 is 11.9 Å². The summed E-state index contributed by atoms with van der Waals surface area (Å²) >= 11 is 0. The van der Waals surface area contributed by atoms with Crippen molar-refractivity contribution in [3.05, 3.63) is 59.2 Å². The molecule has 2 heterocycles. The van der Waals surface area contributed by atoms with Crippen molar-refractivity contribution in [2.75, 3.05) is 11.1 Å². The summed E-state index contributed by atoms with van der Waals surface area (Å²) in [7, 11) is 0. The number of rotatable bonds is 3. The van der Waals surface area contributed by atoms with E-state index in [2.05, 4.69) is 10.6 Å². The van der Waals surface area contributed by atoms with Crippen molar-refractivity contribution in [3.63, 3.8) is 0 Å². The average molecular weight is 378 g/mol. The van der Waals surface area contributed by atoms with Crippen molar-refractivity contribution in [3.8, 4) is 0 Å². The number of hydrogen-bond donors (Lipinski definition) is 3. The van der Waals surface area contributed by atoms with Gasteiger partial charge in [0, 0.05) is 35.5 Å². The van der Waals surface area contributed by atoms with Crippen molar-refractivity contribution >= 4 is 35.0 Å². The van der Waals surface area contributed by atoms with Gasteiger partial charge in [-0.2, -0.15) is 0 Å². The van der Waals surface area contributed by atoms with Crippen molar-refractivity contribution in [2.24, 2.45) is 0 Å². The predicted octanol–water partition coefficient (Wildman–Crippen LogP) is 1.28. The molecule has 8 heteroatoms. The minimum absolute atomic E-state index is 0.199. The molecular formula is C20H18N4O4. The molecule has 2 aromatic rings. The van der Waals surface area contributed by atoms with Gasteiger partial charge < -0.3 is 16.0 Å². The molecule has 28 heavy (non-hydrogen) atoms. The van der Waals surface area contributed by atoms with Crippen molar-refractivity contribution in [1.82, 2.24) is 10.2 Å². The van der Waals surface area contributed by atoms with E-state index in [-0.39, 0.29) is 30.7 Å². The summed E-state index contributed by atoms with van der Waals surface area (Å²) in [6.07, 6.45) is 0.498. The standard InChI is InChI=1S/C20H18N4O4/c21-13-2-1-3-14(9-13)22-18(26)11-4-5-12-10-24(20(28)15(12)8-11)16-6-7-17(25)23-19(16)27/h1-5,8-9,16H,6-7,10,21H2,(H,22,26)(H,23,25,27). The van der Waals surface area contributed by atoms with Crippen LogP contribution in [-0.2, 0) is 16.1 Å². The zero-order valence-electron chi connectivity index (χ0n) is 14.9. The summed E-state index contributed by atoms with van der Waals surface area (Å²) in [4.78, 5) is 50.2. The highest BCUT2D eigenvalue weighted by Gasteiger charge is 2.39. The number of nitrogens with two attached hydrogens (primary N) is 1. The molecule has 8 nitrogen and oxygen atoms in total. The molecule has 0 aromatic heterocycles. The molecule has 1 fully saturated rings. The van der Waals surface area contributed by atoms with Crippen LogP contribution >= 0.6 is 0 Å². The van der Waals surface area contributed by atoms with Gasteiger partial charge in [-0.1, -0.05) is 12.1 Å². The van der Waals surface area contributed by atoms with Gasteiger partial charge in [-0.3, -0.25) is 24.5 Å². The maximum atomic E-state index is 12.8. The van der Waals surface area contributed by atoms with Crippen LogP contribution in [0.5, 0.6) is 0 Å². The number of nitrogens with one attached hydrogen (secondary N) is 2. The molecular weight excluding hydrogens is 360 g/mol. The van der Waals surface area contributed by atoms with Gasteiger partial charge in [-0.15, -0.1) is 0 Å². The molecule has 4 N–H and O–H groups in total. The lowest BCUT2D eigenvalue weighted by Crippen LogP contribution is -2.52. The molecule has 1 atom stereocenters. The fourth-order valence-corrected chi connectivity index (χ4v) is 3.52. The van der Waals surface area contributed by atoms with Gasteiger partial charge in [-0.25, -0.2) is 0 Å². The summed E-state index contributed by atoms with van der Waals surface area (Å²) in [5.41, 5.74) is 8.27. The Morgan fingerprint density at radius 2 is 1.96 bits per heavy atom. The molecule has 0 radical (unpaired) electrons. The van der Waals surface area contributed by atoms with Crippen molar-refractivity contribution in [2.45, 2.75) is 25.4 Å². The van der Waals surface area contributed by atoms with Gasteiger partial charge in [0.05, 0.1) is 0 Å². The number of hydrogen-bond acceptors (Lipinski definition) is 5. The monoisotopic (exact) mass is 378 g/mol. The van der Waals surface area contributed by atoms with Gasteiger partial charge in [0.2, 0.25) is 11.8 Å². The summed E-state index contributed by atoms with van der Waals surface area (Å²) in [5.74, 6) is -1.47. The third-order valence-electron chi connectivity index (χ3n) is 4.93. The molecule has 4 rings (SSSR count). The number of nitrogen functional groups attached to an aromatic ring is 1. The lowest BCUT2D eigenvalue weighted by Gasteiger charge is -2.29. The van der Waals surface area contributed by atoms with Crippen LogP contribution in [0.3, 0.4) is 0 Å². The largest absolute Gasteiger partial charge is 0.399 e. The third kappa shape index (κ3) is 3.20. The van der Waals surface area contributed by atoms with Gasteiger partial charge >= 0.3 is 0 Å². The number of benzene rings is 2. The second-order valence-electron chi connectivity index (χ2n) is 6.85. The molecule has 1 saturated heterocycles. The molecule has 4 amide bonds. The molecule has 2 aliphatic heterocycles. The van der Waals surface area contributed by atoms with Crippen LogP contribution in [0, 0.1) is 0 Å². The van der Waals surface area contributed by atoms with Crippen LogP contribution in [0.4, 0.5) is 11.4 Å². The number of fused-ring (bicyclic) bond motifs is 1. The molecule has 0 bridgehead atoms. The third-order valence-corrected chi connectivity index (χ3v) is 4.93. The summed E-state index contributed by atoms with van der Waals surface area (Å²) in [6, 6.07) is 11.0. The number of imide groups is 1. The SMILES string of the molecule is Nc1cccc(NC(=O)c2ccc3c(c2)C(=O)N(C2CCC(=O)NC2=O)C3)c1. The van der Waals surface area contributed by atoms with Crippen LogP contribution in [0.2, 0.25) is 0 Å². The van der Waals surface area contributed by atoms with Crippen LogP contribution in [0.15, 0.2) is 42.5 Å². The zero-order chi connectivity index (χ0) is 19.8. The first-order chi connectivity index (χ1) is 13.4. The highest BCUT2D eigenvalue weighted by atomic mass is 16.2. The van der Waals surface area contributed by atoms with Crippen LogP contribution < -0.4 is 16.4 Å². The van der Waals surface area contributed by atoms with E-state index in [0.717, 1.165) is 5.56 Å². The highest BCUT2D eigenvalue weighted by Crippen LogP contribution is 2.28. The molecule has 0 saturated carbocycles. The Morgan fingerprint density at radius 3 is 2.71 bits per heavy atom. The maximum absolute atomic E-state index is 12.8. The Kier molecular flexibility index (Phi) is 4.31. The molecule has 0 spiro atoms. The van der Waals surface area contributed by atoms with E-state index in [1.165, 1.54) is 11.0 Å². The number of carbonyl (C=O) groups is 4. The second-order valence-corrected chi connectivity index (χ2v) is 6.85. The molecule has 142 valence electrons. The predicted molar refractivity (Wildman–Crippen MR) is 101 cm³/mol. The van der Waals surface area contributed by atoms with Crippen LogP contribution in [0.25, 0.3) is 0 Å². The Labute approximate surface area is 160 Å². The highest BCUT2D eigenvalue weighted by molar-refractivity contribution is 6.09. The average Bonchev–Trinajstić information content (AvgIpc) is 2.98. The molecule has 2 aromatic carbocycles. The van der Waals surface area contributed by atoms with Gasteiger partial charge in [0.1, 0.15) is 6.04 Å². The number of nitrogens with zero attached hydrogens (tertiary/aromatic N) is 1. The minimum Gasteiger partial charge on any atom is -0.399 e. The van der Waals surface area contributed by atoms with Crippen molar-refractivity contribution in [1.29, 1.82) is 0 Å². The lowest BCUT2D eigenvalue weighted by molar-refractivity contribution is -0.136. The van der Waals surface area contributed by atoms with E-state index in [0.29, 0.717) is 28.9 Å². The van der Waals surface area contributed by atoms with Gasteiger partial charge in [-0.05, 0) is 42.3 Å². The first-order valence-corrected chi connectivity index (χ1v) is 8.87. The van der Waals surface area contributed by atoms with Crippen LogP contribution in [0.1, 0.15) is 39.1 Å². The lowest BCUT2D eigenvalue weighted by atomic mass is 10.0. The Balaban J connectivity index is 1.53. The summed E-state index contributed by atoms with van der Waals surface area (Å²) in [6.45, 7) is 0.275. The van der Waals surface area contributed by atoms with E-state index in [1.54, 1.807) is 36.4 Å². The molecule has 0 aliphatic carbocycles. The normalized spacial score (nSPS) is 18.6. The summed E-state index contributed by atoms with van der Waals surface area (Å²) < 4.78 is 0. The Hall–Kier alpha value is -3.68. The van der Waals surface area contributed by atoms with E-state index >= 15 is 0 Å². The fraction of sp³-hybridized carbons (Fsp3) is 0.200. The zero-order valence-corrected chi connectivity index (χ0v) is 14.9. The minimum atomic E-state index is -0.679. The number of piperidine rings is 1. The Bertz CT molecular complexity index is 1020. The smallest absolute Gasteiger partial charge is 0.255 e. The first kappa shape index (κ1) is 17.7.